The van der Waals surface area contributed by atoms with Crippen LogP contribution >= 0.6 is 0 Å². The summed E-state index contributed by atoms with van der Waals surface area (Å²) in [5.41, 5.74) is 2.75. The van der Waals surface area contributed by atoms with Crippen LogP contribution in [0.1, 0.15) is 33.9 Å². The van der Waals surface area contributed by atoms with Crippen molar-refractivity contribution in [1.82, 2.24) is 4.90 Å². The maximum Gasteiger partial charge on any atom is 0.305 e. The van der Waals surface area contributed by atoms with Crippen molar-refractivity contribution in [3.63, 3.8) is 0 Å². The maximum atomic E-state index is 13.6. The van der Waals surface area contributed by atoms with Gasteiger partial charge in [0.2, 0.25) is 5.91 Å². The first-order valence-corrected chi connectivity index (χ1v) is 10.1. The van der Waals surface area contributed by atoms with E-state index in [1.54, 1.807) is 29.2 Å². The normalized spacial score (nSPS) is 13.8. The largest absolute Gasteiger partial charge is 0.481 e. The van der Waals surface area contributed by atoms with Crippen LogP contribution in [0.3, 0.4) is 0 Å². The number of amides is 2. The van der Waals surface area contributed by atoms with E-state index in [1.165, 1.54) is 4.90 Å². The van der Waals surface area contributed by atoms with Crippen molar-refractivity contribution < 1.29 is 19.5 Å². The van der Waals surface area contributed by atoms with Crippen molar-refractivity contribution in [1.29, 1.82) is 0 Å². The van der Waals surface area contributed by atoms with E-state index in [0.717, 1.165) is 11.1 Å². The number of para-hydroxylation sites is 1. The van der Waals surface area contributed by atoms with E-state index in [0.29, 0.717) is 11.3 Å². The Morgan fingerprint density at radius 3 is 1.97 bits per heavy atom. The fourth-order valence-corrected chi connectivity index (χ4v) is 3.94. The predicted molar refractivity (Wildman–Crippen MR) is 117 cm³/mol. The molecule has 0 spiro atoms. The molecule has 3 aromatic carbocycles. The molecule has 0 unspecified atom stereocenters. The lowest BCUT2D eigenvalue weighted by Crippen LogP contribution is -2.42. The quantitative estimate of drug-likeness (QED) is 0.667. The van der Waals surface area contributed by atoms with Gasteiger partial charge in [0.25, 0.3) is 5.91 Å². The summed E-state index contributed by atoms with van der Waals surface area (Å²) >= 11 is 0. The molecule has 0 atom stereocenters. The molecule has 1 aliphatic heterocycles. The van der Waals surface area contributed by atoms with Crippen LogP contribution in [0.5, 0.6) is 0 Å². The standard InChI is InChI=1S/C25H22N2O4/c28-22-17-26(16-15-23(29)30)25(31)20-13-7-8-14-21(20)27(22)24(18-9-3-1-4-10-18)19-11-5-2-6-12-19/h1-14,24H,15-17H2,(H,29,30). The number of carbonyl (C=O) groups is 3. The number of benzene rings is 3. The van der Waals surface area contributed by atoms with E-state index in [-0.39, 0.29) is 31.3 Å². The summed E-state index contributed by atoms with van der Waals surface area (Å²) in [7, 11) is 0. The molecule has 0 bridgehead atoms. The van der Waals surface area contributed by atoms with E-state index < -0.39 is 12.0 Å². The summed E-state index contributed by atoms with van der Waals surface area (Å²) in [5, 5.41) is 9.07. The molecular weight excluding hydrogens is 392 g/mol. The smallest absolute Gasteiger partial charge is 0.305 e. The number of carbonyl (C=O) groups excluding carboxylic acids is 2. The molecule has 1 aliphatic rings. The number of carboxylic acids is 1. The molecule has 156 valence electrons. The molecule has 3 aromatic rings. The first-order chi connectivity index (χ1) is 15.1. The van der Waals surface area contributed by atoms with Crippen molar-refractivity contribution in [3.05, 3.63) is 102 Å². The third-order valence-corrected chi connectivity index (χ3v) is 5.36. The van der Waals surface area contributed by atoms with E-state index in [9.17, 15) is 14.4 Å². The molecule has 0 aliphatic carbocycles. The average Bonchev–Trinajstić information content (AvgIpc) is 2.90. The summed E-state index contributed by atoms with van der Waals surface area (Å²) in [6, 6.07) is 25.9. The lowest BCUT2D eigenvalue weighted by molar-refractivity contribution is -0.137. The van der Waals surface area contributed by atoms with Crippen LogP contribution in [0.25, 0.3) is 0 Å². The van der Waals surface area contributed by atoms with Crippen LogP contribution in [0.15, 0.2) is 84.9 Å². The van der Waals surface area contributed by atoms with Gasteiger partial charge in [-0.05, 0) is 23.3 Å². The van der Waals surface area contributed by atoms with Gasteiger partial charge in [-0.25, -0.2) is 0 Å². The Morgan fingerprint density at radius 1 is 0.839 bits per heavy atom. The number of rotatable bonds is 6. The Labute approximate surface area is 180 Å². The summed E-state index contributed by atoms with van der Waals surface area (Å²) < 4.78 is 0. The first kappa shape index (κ1) is 20.3. The Kier molecular flexibility index (Phi) is 5.80. The van der Waals surface area contributed by atoms with E-state index in [4.69, 9.17) is 5.11 Å². The SMILES string of the molecule is O=C(O)CCN1CC(=O)N(C(c2ccccc2)c2ccccc2)c2ccccc2C1=O. The van der Waals surface area contributed by atoms with E-state index in [1.807, 2.05) is 60.7 Å². The Morgan fingerprint density at radius 2 is 1.39 bits per heavy atom. The molecule has 4 rings (SSSR count). The molecular formula is C25H22N2O4. The van der Waals surface area contributed by atoms with Gasteiger partial charge in [-0.15, -0.1) is 0 Å². The van der Waals surface area contributed by atoms with Crippen molar-refractivity contribution in [2.24, 2.45) is 0 Å². The second kappa shape index (κ2) is 8.83. The zero-order valence-corrected chi connectivity index (χ0v) is 16.8. The Hall–Kier alpha value is -3.93. The summed E-state index contributed by atoms with van der Waals surface area (Å²) in [6.07, 6.45) is -0.220. The van der Waals surface area contributed by atoms with Crippen LogP contribution in [0.4, 0.5) is 5.69 Å². The van der Waals surface area contributed by atoms with E-state index >= 15 is 0 Å². The van der Waals surface area contributed by atoms with Gasteiger partial charge in [0.15, 0.2) is 0 Å². The monoisotopic (exact) mass is 414 g/mol. The minimum absolute atomic E-state index is 0.0244. The highest BCUT2D eigenvalue weighted by atomic mass is 16.4. The molecule has 6 heteroatoms. The van der Waals surface area contributed by atoms with E-state index in [2.05, 4.69) is 0 Å². The van der Waals surface area contributed by atoms with Gasteiger partial charge in [0.1, 0.15) is 6.54 Å². The van der Waals surface area contributed by atoms with Crippen LogP contribution in [-0.4, -0.2) is 40.9 Å². The van der Waals surface area contributed by atoms with Gasteiger partial charge in [0, 0.05) is 6.54 Å². The second-order valence-electron chi connectivity index (χ2n) is 7.38. The Balaban J connectivity index is 1.85. The molecule has 31 heavy (non-hydrogen) atoms. The average molecular weight is 414 g/mol. The van der Waals surface area contributed by atoms with Gasteiger partial charge < -0.3 is 10.0 Å². The molecule has 0 saturated heterocycles. The lowest BCUT2D eigenvalue weighted by atomic mass is 9.95. The molecule has 0 radical (unpaired) electrons. The number of hydrogen-bond acceptors (Lipinski definition) is 3. The van der Waals surface area contributed by atoms with Gasteiger partial charge in [0.05, 0.1) is 23.7 Å². The zero-order valence-electron chi connectivity index (χ0n) is 16.8. The number of aliphatic carboxylic acids is 1. The molecule has 0 fully saturated rings. The van der Waals surface area contributed by atoms with Crippen LogP contribution in [0, 0.1) is 0 Å². The predicted octanol–water partition coefficient (Wildman–Crippen LogP) is 3.74. The van der Waals surface area contributed by atoms with Gasteiger partial charge in [-0.1, -0.05) is 72.8 Å². The summed E-state index contributed by atoms with van der Waals surface area (Å²) in [5.74, 6) is -1.62. The highest BCUT2D eigenvalue weighted by Crippen LogP contribution is 2.37. The van der Waals surface area contributed by atoms with Crippen LogP contribution in [0.2, 0.25) is 0 Å². The van der Waals surface area contributed by atoms with Crippen LogP contribution in [-0.2, 0) is 9.59 Å². The highest BCUT2D eigenvalue weighted by molar-refractivity contribution is 6.10. The Bertz CT molecular complexity index is 1060. The molecule has 1 heterocycles. The third-order valence-electron chi connectivity index (χ3n) is 5.36. The number of hydrogen-bond donors (Lipinski definition) is 1. The van der Waals surface area contributed by atoms with Gasteiger partial charge in [-0.2, -0.15) is 0 Å². The lowest BCUT2D eigenvalue weighted by Gasteiger charge is -2.32. The fraction of sp³-hybridized carbons (Fsp3) is 0.160. The first-order valence-electron chi connectivity index (χ1n) is 10.1. The van der Waals surface area contributed by atoms with Crippen molar-refractivity contribution in [3.8, 4) is 0 Å². The zero-order chi connectivity index (χ0) is 21.8. The van der Waals surface area contributed by atoms with Crippen molar-refractivity contribution in [2.45, 2.75) is 12.5 Å². The summed E-state index contributed by atoms with van der Waals surface area (Å²) in [4.78, 5) is 40.8. The molecule has 0 saturated carbocycles. The molecule has 0 aromatic heterocycles. The van der Waals surface area contributed by atoms with Crippen LogP contribution < -0.4 is 4.90 Å². The number of carboxylic acid groups (broad SMARTS) is 1. The molecule has 2 amide bonds. The van der Waals surface area contributed by atoms with Gasteiger partial charge in [-0.3, -0.25) is 19.3 Å². The number of nitrogens with zero attached hydrogens (tertiary/aromatic N) is 2. The maximum absolute atomic E-state index is 13.6. The topological polar surface area (TPSA) is 77.9 Å². The summed E-state index contributed by atoms with van der Waals surface area (Å²) in [6.45, 7) is -0.208. The van der Waals surface area contributed by atoms with Crippen molar-refractivity contribution in [2.75, 3.05) is 18.0 Å². The number of anilines is 1. The minimum Gasteiger partial charge on any atom is -0.481 e. The third kappa shape index (κ3) is 4.19. The van der Waals surface area contributed by atoms with Crippen molar-refractivity contribution >= 4 is 23.5 Å². The second-order valence-corrected chi connectivity index (χ2v) is 7.38. The van der Waals surface area contributed by atoms with Gasteiger partial charge >= 0.3 is 5.97 Å². The number of fused-ring (bicyclic) bond motifs is 1. The minimum atomic E-state index is -1.01. The molecule has 6 nitrogen and oxygen atoms in total. The fourth-order valence-electron chi connectivity index (χ4n) is 3.94. The highest BCUT2D eigenvalue weighted by Gasteiger charge is 2.36. The molecule has 1 N–H and O–H groups in total.